The summed E-state index contributed by atoms with van der Waals surface area (Å²) in [6.45, 7) is 7.64. The molecule has 146 valence electrons. The Hall–Kier alpha value is -2.58. The fourth-order valence-corrected chi connectivity index (χ4v) is 4.71. The zero-order valence-corrected chi connectivity index (χ0v) is 16.9. The number of hydrogen-bond donors (Lipinski definition) is 2. The second-order valence-electron chi connectivity index (χ2n) is 8.02. The molecule has 0 bridgehead atoms. The van der Waals surface area contributed by atoms with E-state index in [0.29, 0.717) is 17.3 Å². The molecule has 0 radical (unpaired) electrons. The first-order valence-electron chi connectivity index (χ1n) is 8.94. The van der Waals surface area contributed by atoms with Crippen LogP contribution in [0.2, 0.25) is 0 Å². The van der Waals surface area contributed by atoms with Crippen LogP contribution in [0.5, 0.6) is 5.75 Å². The van der Waals surface area contributed by atoms with E-state index in [1.165, 1.54) is 28.0 Å². The lowest BCUT2D eigenvalue weighted by atomic mass is 10.1. The molecule has 0 amide bonds. The first kappa shape index (κ1) is 18.8. The summed E-state index contributed by atoms with van der Waals surface area (Å²) >= 11 is 1.36. The molecule has 3 aromatic rings. The number of rotatable bonds is 3. The van der Waals surface area contributed by atoms with Crippen molar-refractivity contribution < 1.29 is 9.50 Å². The maximum atomic E-state index is 13.1. The van der Waals surface area contributed by atoms with Gasteiger partial charge >= 0.3 is 0 Å². The molecule has 0 spiro atoms. The van der Waals surface area contributed by atoms with Gasteiger partial charge in [0.15, 0.2) is 0 Å². The molecule has 1 aromatic carbocycles. The molecule has 0 saturated carbocycles. The van der Waals surface area contributed by atoms with Crippen molar-refractivity contribution in [1.82, 2.24) is 19.9 Å². The highest BCUT2D eigenvalue weighted by Crippen LogP contribution is 2.36. The van der Waals surface area contributed by atoms with Crippen molar-refractivity contribution in [1.29, 1.82) is 0 Å². The van der Waals surface area contributed by atoms with Crippen LogP contribution in [-0.2, 0) is 17.6 Å². The van der Waals surface area contributed by atoms with Crippen LogP contribution in [0.25, 0.3) is 10.7 Å². The predicted molar refractivity (Wildman–Crippen MR) is 106 cm³/mol. The Balaban J connectivity index is 1.75. The maximum absolute atomic E-state index is 13.1. The van der Waals surface area contributed by atoms with E-state index in [2.05, 4.69) is 15.3 Å². The summed E-state index contributed by atoms with van der Waals surface area (Å²) < 4.78 is 14.6. The minimum Gasteiger partial charge on any atom is -0.501 e. The number of benzene rings is 1. The summed E-state index contributed by atoms with van der Waals surface area (Å²) in [5.41, 5.74) is -0.526. The summed E-state index contributed by atoms with van der Waals surface area (Å²) in [5.74, 6) is -0.120. The monoisotopic (exact) mass is 400 g/mol. The minimum absolute atomic E-state index is 0.194. The van der Waals surface area contributed by atoms with Crippen LogP contribution in [0.15, 0.2) is 35.3 Å². The van der Waals surface area contributed by atoms with Crippen LogP contribution in [-0.4, -0.2) is 19.6 Å². The zero-order chi connectivity index (χ0) is 20.3. The molecule has 6 nitrogen and oxygen atoms in total. The van der Waals surface area contributed by atoms with Gasteiger partial charge in [0.25, 0.3) is 5.56 Å². The fraction of sp³-hybridized carbons (Fsp3) is 0.350. The predicted octanol–water partition coefficient (Wildman–Crippen LogP) is 3.33. The summed E-state index contributed by atoms with van der Waals surface area (Å²) in [6.07, 6.45) is 2.28. The minimum atomic E-state index is -0.657. The Labute approximate surface area is 165 Å². The molecular weight excluding hydrogens is 379 g/mol. The molecule has 3 heterocycles. The summed E-state index contributed by atoms with van der Waals surface area (Å²) in [4.78, 5) is 22.8. The molecule has 1 aliphatic heterocycles. The Kier molecular flexibility index (Phi) is 4.17. The molecule has 28 heavy (non-hydrogen) atoms. The average molecular weight is 400 g/mol. The zero-order valence-electron chi connectivity index (χ0n) is 16.1. The Morgan fingerprint density at radius 3 is 2.57 bits per heavy atom. The van der Waals surface area contributed by atoms with Crippen molar-refractivity contribution in [2.75, 3.05) is 0 Å². The Morgan fingerprint density at radius 1 is 1.21 bits per heavy atom. The molecule has 2 N–H and O–H groups in total. The van der Waals surface area contributed by atoms with Gasteiger partial charge in [-0.25, -0.2) is 14.4 Å². The molecule has 0 saturated heterocycles. The van der Waals surface area contributed by atoms with Gasteiger partial charge in [-0.3, -0.25) is 14.7 Å². The molecule has 4 rings (SSSR count). The largest absolute Gasteiger partial charge is 0.501 e. The number of thiazole rings is 1. The van der Waals surface area contributed by atoms with E-state index in [9.17, 15) is 14.3 Å². The molecule has 0 unspecified atom stereocenters. The molecule has 1 aliphatic rings. The quantitative estimate of drug-likeness (QED) is 0.705. The van der Waals surface area contributed by atoms with Crippen LogP contribution >= 0.6 is 11.3 Å². The van der Waals surface area contributed by atoms with Crippen molar-refractivity contribution in [3.8, 4) is 16.5 Å². The third-order valence-electron chi connectivity index (χ3n) is 4.84. The van der Waals surface area contributed by atoms with Gasteiger partial charge in [0.2, 0.25) is 5.75 Å². The molecule has 0 fully saturated rings. The molecule has 0 atom stereocenters. The van der Waals surface area contributed by atoms with Crippen LogP contribution in [0.1, 0.15) is 44.0 Å². The fourth-order valence-electron chi connectivity index (χ4n) is 3.78. The van der Waals surface area contributed by atoms with Crippen LogP contribution in [0, 0.1) is 5.82 Å². The third kappa shape index (κ3) is 3.02. The van der Waals surface area contributed by atoms with Gasteiger partial charge in [-0.1, -0.05) is 12.1 Å². The van der Waals surface area contributed by atoms with E-state index in [0.717, 1.165) is 10.4 Å². The van der Waals surface area contributed by atoms with E-state index >= 15 is 0 Å². The molecule has 2 aromatic heterocycles. The Morgan fingerprint density at radius 2 is 1.89 bits per heavy atom. The van der Waals surface area contributed by atoms with Gasteiger partial charge in [0.1, 0.15) is 22.3 Å². The van der Waals surface area contributed by atoms with Crippen molar-refractivity contribution in [3.63, 3.8) is 0 Å². The number of halogens is 1. The Bertz CT molecular complexity index is 1120. The average Bonchev–Trinajstić information content (AvgIpc) is 3.12. The number of aromatic hydroxyl groups is 1. The molecule has 0 aliphatic carbocycles. The normalized spacial score (nSPS) is 16.9. The SMILES string of the molecule is CC1(C)NC(C)(C)n2c1nc(-c1ncc(Cc3ccc(F)cc3)s1)c(O)c2=O. The summed E-state index contributed by atoms with van der Waals surface area (Å²) in [5, 5.41) is 14.4. The summed E-state index contributed by atoms with van der Waals surface area (Å²) in [7, 11) is 0. The highest BCUT2D eigenvalue weighted by molar-refractivity contribution is 7.15. The molecule has 8 heteroatoms. The van der Waals surface area contributed by atoms with Crippen LogP contribution in [0.3, 0.4) is 0 Å². The number of hydrogen-bond acceptors (Lipinski definition) is 6. The first-order valence-corrected chi connectivity index (χ1v) is 9.76. The summed E-state index contributed by atoms with van der Waals surface area (Å²) in [6, 6.07) is 6.29. The van der Waals surface area contributed by atoms with Gasteiger partial charge in [-0.2, -0.15) is 0 Å². The number of aromatic nitrogens is 3. The van der Waals surface area contributed by atoms with Gasteiger partial charge in [-0.05, 0) is 45.4 Å². The van der Waals surface area contributed by atoms with Crippen molar-refractivity contribution >= 4 is 11.3 Å². The van der Waals surface area contributed by atoms with E-state index in [-0.39, 0.29) is 11.5 Å². The van der Waals surface area contributed by atoms with Crippen molar-refractivity contribution in [2.45, 2.75) is 45.3 Å². The standard InChI is InChI=1S/C20H21FN4O2S/c1-19(2)18-23-14(15(26)17(27)25(18)20(3,4)24-19)16-22-10-13(28-16)9-11-5-7-12(21)8-6-11/h5-8,10,24,26H,9H2,1-4H3. The smallest absolute Gasteiger partial charge is 0.298 e. The van der Waals surface area contributed by atoms with Crippen molar-refractivity contribution in [3.05, 3.63) is 62.9 Å². The van der Waals surface area contributed by atoms with Crippen LogP contribution < -0.4 is 10.9 Å². The third-order valence-corrected chi connectivity index (χ3v) is 5.85. The maximum Gasteiger partial charge on any atom is 0.298 e. The lowest BCUT2D eigenvalue weighted by molar-refractivity contribution is 0.258. The molecular formula is C20H21FN4O2S. The van der Waals surface area contributed by atoms with Crippen molar-refractivity contribution in [2.24, 2.45) is 0 Å². The van der Waals surface area contributed by atoms with Gasteiger partial charge < -0.3 is 5.11 Å². The topological polar surface area (TPSA) is 80.0 Å². The lowest BCUT2D eigenvalue weighted by Crippen LogP contribution is -2.44. The highest BCUT2D eigenvalue weighted by Gasteiger charge is 2.44. The van der Waals surface area contributed by atoms with Gasteiger partial charge in [0.05, 0.1) is 11.2 Å². The second-order valence-corrected chi connectivity index (χ2v) is 9.13. The number of fused-ring (bicyclic) bond motifs is 1. The highest BCUT2D eigenvalue weighted by atomic mass is 32.1. The van der Waals surface area contributed by atoms with Gasteiger partial charge in [-0.15, -0.1) is 11.3 Å². The number of nitrogens with zero attached hydrogens (tertiary/aromatic N) is 3. The van der Waals surface area contributed by atoms with E-state index < -0.39 is 22.5 Å². The number of nitrogens with one attached hydrogen (secondary N) is 1. The van der Waals surface area contributed by atoms with Crippen LogP contribution in [0.4, 0.5) is 4.39 Å². The van der Waals surface area contributed by atoms with E-state index in [1.807, 2.05) is 27.7 Å². The van der Waals surface area contributed by atoms with Gasteiger partial charge in [0, 0.05) is 17.5 Å². The van der Waals surface area contributed by atoms with E-state index in [4.69, 9.17) is 0 Å². The lowest BCUT2D eigenvalue weighted by Gasteiger charge is -2.24. The first-order chi connectivity index (χ1) is 13.1. The van der Waals surface area contributed by atoms with E-state index in [1.54, 1.807) is 18.3 Å². The second kappa shape index (κ2) is 6.22.